The van der Waals surface area contributed by atoms with Crippen molar-refractivity contribution in [2.75, 3.05) is 11.9 Å². The Morgan fingerprint density at radius 3 is 2.89 bits per heavy atom. The molecule has 0 bridgehead atoms. The number of piperidine rings is 1. The second kappa shape index (κ2) is 5.56. The molecule has 6 nitrogen and oxygen atoms in total. The van der Waals surface area contributed by atoms with Gasteiger partial charge < -0.3 is 10.0 Å². The number of likely N-dealkylation sites (tertiary alicyclic amines) is 1. The van der Waals surface area contributed by atoms with Gasteiger partial charge in [0.15, 0.2) is 5.13 Å². The van der Waals surface area contributed by atoms with Crippen LogP contribution in [0.25, 0.3) is 0 Å². The topological polar surface area (TPSA) is 82.5 Å². The summed E-state index contributed by atoms with van der Waals surface area (Å²) < 4.78 is 0. The Morgan fingerprint density at radius 1 is 1.58 bits per heavy atom. The van der Waals surface area contributed by atoms with E-state index in [4.69, 9.17) is 0 Å². The van der Waals surface area contributed by atoms with Gasteiger partial charge in [0.25, 0.3) is 0 Å². The molecule has 1 fully saturated rings. The second-order valence-corrected chi connectivity index (χ2v) is 6.04. The van der Waals surface area contributed by atoms with Crippen molar-refractivity contribution in [3.05, 3.63) is 11.1 Å². The number of anilines is 1. The minimum atomic E-state index is -0.947. The molecule has 0 aliphatic carbocycles. The van der Waals surface area contributed by atoms with E-state index in [2.05, 4.69) is 10.3 Å². The molecular weight excluding hydrogens is 266 g/mol. The smallest absolute Gasteiger partial charge is 0.326 e. The van der Waals surface area contributed by atoms with Crippen molar-refractivity contribution >= 4 is 28.5 Å². The van der Waals surface area contributed by atoms with E-state index >= 15 is 0 Å². The van der Waals surface area contributed by atoms with E-state index in [9.17, 15) is 14.7 Å². The number of thiazole rings is 1. The summed E-state index contributed by atoms with van der Waals surface area (Å²) in [6.07, 6.45) is 3.33. The van der Waals surface area contributed by atoms with Crippen LogP contribution >= 0.6 is 11.3 Å². The van der Waals surface area contributed by atoms with Crippen molar-refractivity contribution in [2.45, 2.75) is 32.7 Å². The summed E-state index contributed by atoms with van der Waals surface area (Å²) in [4.78, 5) is 29.9. The van der Waals surface area contributed by atoms with Gasteiger partial charge in [0, 0.05) is 17.6 Å². The lowest BCUT2D eigenvalue weighted by Crippen LogP contribution is -2.53. The highest BCUT2D eigenvalue weighted by Gasteiger charge is 2.37. The Hall–Kier alpha value is -1.63. The van der Waals surface area contributed by atoms with Gasteiger partial charge in [-0.2, -0.15) is 0 Å². The summed E-state index contributed by atoms with van der Waals surface area (Å²) in [5.41, 5.74) is 0. The maximum atomic E-state index is 12.2. The number of carbonyl (C=O) groups is 2. The van der Waals surface area contributed by atoms with Gasteiger partial charge in [-0.05, 0) is 25.7 Å². The van der Waals surface area contributed by atoms with E-state index in [0.717, 1.165) is 17.7 Å². The van der Waals surface area contributed by atoms with Gasteiger partial charge in [-0.25, -0.2) is 14.6 Å². The quantitative estimate of drug-likeness (QED) is 0.871. The van der Waals surface area contributed by atoms with Crippen molar-refractivity contribution in [1.82, 2.24) is 9.88 Å². The largest absolute Gasteiger partial charge is 0.480 e. The van der Waals surface area contributed by atoms with Gasteiger partial charge in [0.05, 0.1) is 0 Å². The van der Waals surface area contributed by atoms with Crippen LogP contribution in [0.2, 0.25) is 0 Å². The molecule has 0 aromatic carbocycles. The zero-order valence-corrected chi connectivity index (χ0v) is 11.7. The molecule has 2 N–H and O–H groups in total. The summed E-state index contributed by atoms with van der Waals surface area (Å²) in [6, 6.07) is -1.14. The molecule has 2 heterocycles. The van der Waals surface area contributed by atoms with Crippen LogP contribution < -0.4 is 5.32 Å². The van der Waals surface area contributed by atoms with Gasteiger partial charge >= 0.3 is 12.0 Å². The molecule has 2 atom stereocenters. The predicted molar refractivity (Wildman–Crippen MR) is 72.4 cm³/mol. The van der Waals surface area contributed by atoms with Crippen LogP contribution in [0.1, 0.15) is 24.6 Å². The van der Waals surface area contributed by atoms with Gasteiger partial charge in [-0.15, -0.1) is 11.3 Å². The maximum absolute atomic E-state index is 12.2. The number of aromatic nitrogens is 1. The zero-order chi connectivity index (χ0) is 14.0. The van der Waals surface area contributed by atoms with Gasteiger partial charge in [-0.3, -0.25) is 5.32 Å². The molecule has 0 spiro atoms. The first-order valence-electron chi connectivity index (χ1n) is 6.22. The molecule has 1 saturated heterocycles. The highest BCUT2D eigenvalue weighted by molar-refractivity contribution is 7.15. The first-order chi connectivity index (χ1) is 8.99. The van der Waals surface area contributed by atoms with Crippen molar-refractivity contribution < 1.29 is 14.7 Å². The Bertz CT molecular complexity index is 488. The fourth-order valence-electron chi connectivity index (χ4n) is 2.37. The molecule has 1 aliphatic heterocycles. The van der Waals surface area contributed by atoms with Crippen LogP contribution in [0.5, 0.6) is 0 Å². The average molecular weight is 283 g/mol. The van der Waals surface area contributed by atoms with Crippen LogP contribution in [0.15, 0.2) is 6.20 Å². The maximum Gasteiger partial charge on any atom is 0.326 e. The van der Waals surface area contributed by atoms with E-state index in [0.29, 0.717) is 11.7 Å². The molecule has 0 radical (unpaired) electrons. The van der Waals surface area contributed by atoms with Crippen LogP contribution in [0.3, 0.4) is 0 Å². The van der Waals surface area contributed by atoms with Crippen molar-refractivity contribution in [2.24, 2.45) is 5.92 Å². The highest BCUT2D eigenvalue weighted by atomic mass is 32.1. The number of urea groups is 1. The van der Waals surface area contributed by atoms with Crippen LogP contribution in [-0.4, -0.2) is 39.6 Å². The first-order valence-corrected chi connectivity index (χ1v) is 7.03. The second-order valence-electron chi connectivity index (χ2n) is 4.80. The number of aryl methyl sites for hydroxylation is 1. The van der Waals surface area contributed by atoms with Crippen LogP contribution in [0, 0.1) is 12.8 Å². The third-order valence-electron chi connectivity index (χ3n) is 3.28. The number of hydrogen-bond donors (Lipinski definition) is 2. The molecule has 104 valence electrons. The lowest BCUT2D eigenvalue weighted by molar-refractivity contribution is -0.145. The van der Waals surface area contributed by atoms with E-state index < -0.39 is 12.0 Å². The van der Waals surface area contributed by atoms with Crippen molar-refractivity contribution in [3.63, 3.8) is 0 Å². The lowest BCUT2D eigenvalue weighted by atomic mass is 9.91. The van der Waals surface area contributed by atoms with E-state index in [1.165, 1.54) is 16.2 Å². The summed E-state index contributed by atoms with van der Waals surface area (Å²) in [6.45, 7) is 4.24. The summed E-state index contributed by atoms with van der Waals surface area (Å²) >= 11 is 1.37. The van der Waals surface area contributed by atoms with E-state index in [1.54, 1.807) is 6.20 Å². The Balaban J connectivity index is 2.09. The predicted octanol–water partition coefficient (Wildman–Crippen LogP) is 2.17. The summed E-state index contributed by atoms with van der Waals surface area (Å²) in [5, 5.41) is 12.4. The molecule has 2 amide bonds. The number of carbonyl (C=O) groups excluding carboxylic acids is 1. The van der Waals surface area contributed by atoms with Crippen molar-refractivity contribution in [1.29, 1.82) is 0 Å². The van der Waals surface area contributed by atoms with E-state index in [-0.39, 0.29) is 11.9 Å². The molecule has 0 saturated carbocycles. The molecule has 19 heavy (non-hydrogen) atoms. The zero-order valence-electron chi connectivity index (χ0n) is 10.9. The number of carboxylic acid groups (broad SMARTS) is 1. The van der Waals surface area contributed by atoms with Crippen molar-refractivity contribution in [3.8, 4) is 0 Å². The Labute approximate surface area is 115 Å². The number of amides is 2. The molecular formula is C12H17N3O3S. The molecule has 1 aromatic rings. The van der Waals surface area contributed by atoms with Gasteiger partial charge in [0.2, 0.25) is 0 Å². The number of nitrogens with one attached hydrogen (secondary N) is 1. The fourth-order valence-corrected chi connectivity index (χ4v) is 3.02. The molecule has 7 heteroatoms. The van der Waals surface area contributed by atoms with Gasteiger partial charge in [-0.1, -0.05) is 6.92 Å². The summed E-state index contributed by atoms with van der Waals surface area (Å²) in [7, 11) is 0. The molecule has 2 unspecified atom stereocenters. The number of hydrogen-bond acceptors (Lipinski definition) is 4. The average Bonchev–Trinajstić information content (AvgIpc) is 2.73. The number of nitrogens with zero attached hydrogens (tertiary/aromatic N) is 2. The number of aliphatic carboxylic acids is 1. The van der Waals surface area contributed by atoms with Crippen LogP contribution in [0.4, 0.5) is 9.93 Å². The number of rotatable bonds is 2. The molecule has 1 aromatic heterocycles. The summed E-state index contributed by atoms with van der Waals surface area (Å²) in [5.74, 6) is -0.979. The Kier molecular flexibility index (Phi) is 4.04. The lowest BCUT2D eigenvalue weighted by Gasteiger charge is -2.36. The monoisotopic (exact) mass is 283 g/mol. The third kappa shape index (κ3) is 3.04. The fraction of sp³-hybridized carbons (Fsp3) is 0.583. The minimum absolute atomic E-state index is 0.0324. The van der Waals surface area contributed by atoms with Gasteiger partial charge in [0.1, 0.15) is 6.04 Å². The van der Waals surface area contributed by atoms with E-state index in [1.807, 2.05) is 13.8 Å². The molecule has 1 aliphatic rings. The number of carboxylic acids is 1. The molecule has 2 rings (SSSR count). The van der Waals surface area contributed by atoms with Crippen LogP contribution in [-0.2, 0) is 4.79 Å². The standard InChI is InChI=1S/C12H17N3O3S/c1-7-4-3-5-15(9(7)10(16)17)12(18)14-11-13-6-8(2)19-11/h6-7,9H,3-5H2,1-2H3,(H,16,17)(H,13,14,18). The Morgan fingerprint density at radius 2 is 2.32 bits per heavy atom. The first kappa shape index (κ1) is 13.8. The highest BCUT2D eigenvalue weighted by Crippen LogP contribution is 2.25. The normalized spacial score (nSPS) is 23.2. The SMILES string of the molecule is Cc1cnc(NC(=O)N2CCCC(C)C2C(=O)O)s1. The third-order valence-corrected chi connectivity index (χ3v) is 4.11. The minimum Gasteiger partial charge on any atom is -0.480 e.